The summed E-state index contributed by atoms with van der Waals surface area (Å²) in [5.74, 6) is -0.804. The van der Waals surface area contributed by atoms with E-state index in [0.29, 0.717) is 5.56 Å². The summed E-state index contributed by atoms with van der Waals surface area (Å²) in [6.07, 6.45) is 0.124. The highest BCUT2D eigenvalue weighted by atomic mass is 16.5. The van der Waals surface area contributed by atoms with Crippen LogP contribution in [-0.2, 0) is 11.2 Å². The minimum atomic E-state index is -1.08. The third kappa shape index (κ3) is 2.43. The van der Waals surface area contributed by atoms with E-state index in [1.54, 1.807) is 6.07 Å². The summed E-state index contributed by atoms with van der Waals surface area (Å²) in [7, 11) is 1.42. The summed E-state index contributed by atoms with van der Waals surface area (Å²) in [5, 5.41) is 18.3. The largest absolute Gasteiger partial charge is 0.504 e. The predicted molar refractivity (Wildman–Crippen MR) is 58.7 cm³/mol. The van der Waals surface area contributed by atoms with Gasteiger partial charge in [-0.2, -0.15) is 0 Å². The number of carboxylic acids is 1. The summed E-state index contributed by atoms with van der Waals surface area (Å²) in [6, 6.07) is 2.19. The Labute approximate surface area is 93.5 Å². The van der Waals surface area contributed by atoms with Crippen molar-refractivity contribution < 1.29 is 19.7 Å². The monoisotopic (exact) mass is 225 g/mol. The summed E-state index contributed by atoms with van der Waals surface area (Å²) >= 11 is 0. The fourth-order valence-corrected chi connectivity index (χ4v) is 1.50. The Morgan fingerprint density at radius 3 is 2.69 bits per heavy atom. The van der Waals surface area contributed by atoms with Crippen LogP contribution >= 0.6 is 0 Å². The zero-order chi connectivity index (χ0) is 12.3. The molecule has 4 N–H and O–H groups in total. The normalized spacial score (nSPS) is 12.2. The number of aliphatic carboxylic acids is 1. The Bertz CT molecular complexity index is 403. The number of hydrogen-bond donors (Lipinski definition) is 3. The smallest absolute Gasteiger partial charge is 0.320 e. The third-order valence-electron chi connectivity index (χ3n) is 2.42. The van der Waals surface area contributed by atoms with Crippen LogP contribution in [0.4, 0.5) is 0 Å². The summed E-state index contributed by atoms with van der Waals surface area (Å²) < 4.78 is 5.04. The molecule has 0 radical (unpaired) electrons. The SMILES string of the molecule is COc1c(O)ccc(C)c1CC(N)C(=O)O. The van der Waals surface area contributed by atoms with Gasteiger partial charge in [0.1, 0.15) is 6.04 Å². The van der Waals surface area contributed by atoms with Gasteiger partial charge in [0, 0.05) is 12.0 Å². The van der Waals surface area contributed by atoms with Crippen molar-refractivity contribution in [2.75, 3.05) is 7.11 Å². The highest BCUT2D eigenvalue weighted by Crippen LogP contribution is 2.32. The molecule has 0 aliphatic carbocycles. The number of phenolic OH excluding ortho intramolecular Hbond substituents is 1. The Morgan fingerprint density at radius 1 is 1.56 bits per heavy atom. The quantitative estimate of drug-likeness (QED) is 0.700. The number of ether oxygens (including phenoxy) is 1. The lowest BCUT2D eigenvalue weighted by Gasteiger charge is -2.14. The van der Waals surface area contributed by atoms with E-state index < -0.39 is 12.0 Å². The lowest BCUT2D eigenvalue weighted by atomic mass is 10.00. The number of aromatic hydroxyl groups is 1. The topological polar surface area (TPSA) is 92.8 Å². The van der Waals surface area contributed by atoms with Crippen LogP contribution in [0.25, 0.3) is 0 Å². The second-order valence-electron chi connectivity index (χ2n) is 3.56. The van der Waals surface area contributed by atoms with E-state index in [-0.39, 0.29) is 17.9 Å². The van der Waals surface area contributed by atoms with E-state index in [4.69, 9.17) is 15.6 Å². The molecule has 5 nitrogen and oxygen atoms in total. The highest BCUT2D eigenvalue weighted by Gasteiger charge is 2.18. The molecule has 0 fully saturated rings. The van der Waals surface area contributed by atoms with Gasteiger partial charge in [0.05, 0.1) is 7.11 Å². The average molecular weight is 225 g/mol. The Kier molecular flexibility index (Phi) is 3.73. The van der Waals surface area contributed by atoms with E-state index in [9.17, 15) is 9.90 Å². The van der Waals surface area contributed by atoms with Gasteiger partial charge < -0.3 is 20.7 Å². The van der Waals surface area contributed by atoms with E-state index in [2.05, 4.69) is 0 Å². The van der Waals surface area contributed by atoms with Crippen LogP contribution in [0.2, 0.25) is 0 Å². The standard InChI is InChI=1S/C11H15NO4/c1-6-3-4-9(13)10(16-2)7(6)5-8(12)11(14)15/h3-4,8,13H,5,12H2,1-2H3,(H,14,15). The second-order valence-corrected chi connectivity index (χ2v) is 3.56. The van der Waals surface area contributed by atoms with Gasteiger partial charge in [0.15, 0.2) is 11.5 Å². The van der Waals surface area contributed by atoms with E-state index in [1.807, 2.05) is 6.92 Å². The molecule has 0 aliphatic rings. The zero-order valence-electron chi connectivity index (χ0n) is 9.23. The van der Waals surface area contributed by atoms with Gasteiger partial charge in [-0.05, 0) is 18.6 Å². The third-order valence-corrected chi connectivity index (χ3v) is 2.42. The number of carboxylic acid groups (broad SMARTS) is 1. The van der Waals surface area contributed by atoms with Gasteiger partial charge in [0.25, 0.3) is 0 Å². The fourth-order valence-electron chi connectivity index (χ4n) is 1.50. The van der Waals surface area contributed by atoms with Crippen molar-refractivity contribution in [2.45, 2.75) is 19.4 Å². The lowest BCUT2D eigenvalue weighted by Crippen LogP contribution is -2.32. The number of methoxy groups -OCH3 is 1. The van der Waals surface area contributed by atoms with E-state index >= 15 is 0 Å². The summed E-state index contributed by atoms with van der Waals surface area (Å²) in [5.41, 5.74) is 6.92. The first-order valence-corrected chi connectivity index (χ1v) is 4.81. The number of nitrogens with two attached hydrogens (primary N) is 1. The first-order valence-electron chi connectivity index (χ1n) is 4.81. The summed E-state index contributed by atoms with van der Waals surface area (Å²) in [6.45, 7) is 1.81. The molecule has 0 amide bonds. The lowest BCUT2D eigenvalue weighted by molar-refractivity contribution is -0.138. The van der Waals surface area contributed by atoms with E-state index in [0.717, 1.165) is 5.56 Å². The first kappa shape index (κ1) is 12.3. The van der Waals surface area contributed by atoms with Crippen LogP contribution in [0.1, 0.15) is 11.1 Å². The summed E-state index contributed by atoms with van der Waals surface area (Å²) in [4.78, 5) is 10.7. The van der Waals surface area contributed by atoms with Crippen LogP contribution in [0, 0.1) is 6.92 Å². The molecular formula is C11H15NO4. The molecule has 16 heavy (non-hydrogen) atoms. The van der Waals surface area contributed by atoms with Gasteiger partial charge in [-0.3, -0.25) is 4.79 Å². The minimum absolute atomic E-state index is 0.0133. The molecule has 1 unspecified atom stereocenters. The van der Waals surface area contributed by atoms with Gasteiger partial charge in [0.2, 0.25) is 0 Å². The predicted octanol–water partition coefficient (Wildman–Crippen LogP) is 0.664. The minimum Gasteiger partial charge on any atom is -0.504 e. The van der Waals surface area contributed by atoms with E-state index in [1.165, 1.54) is 13.2 Å². The molecule has 0 saturated heterocycles. The zero-order valence-corrected chi connectivity index (χ0v) is 9.23. The number of hydrogen-bond acceptors (Lipinski definition) is 4. The van der Waals surface area contributed by atoms with Gasteiger partial charge in [-0.15, -0.1) is 0 Å². The average Bonchev–Trinajstić information content (AvgIpc) is 2.23. The Balaban J connectivity index is 3.11. The molecule has 0 bridgehead atoms. The van der Waals surface area contributed by atoms with Crippen molar-refractivity contribution in [3.05, 3.63) is 23.3 Å². The van der Waals surface area contributed by atoms with Gasteiger partial charge in [-0.25, -0.2) is 0 Å². The van der Waals surface area contributed by atoms with Crippen LogP contribution in [-0.4, -0.2) is 29.3 Å². The van der Waals surface area contributed by atoms with Crippen LogP contribution in [0.3, 0.4) is 0 Å². The van der Waals surface area contributed by atoms with Crippen molar-refractivity contribution in [1.29, 1.82) is 0 Å². The Hall–Kier alpha value is -1.75. The maximum Gasteiger partial charge on any atom is 0.320 e. The first-order chi connectivity index (χ1) is 7.47. The van der Waals surface area contributed by atoms with Crippen molar-refractivity contribution in [2.24, 2.45) is 5.73 Å². The maximum atomic E-state index is 10.7. The van der Waals surface area contributed by atoms with Gasteiger partial charge in [-0.1, -0.05) is 6.07 Å². The molecule has 1 aromatic carbocycles. The fraction of sp³-hybridized carbons (Fsp3) is 0.364. The highest BCUT2D eigenvalue weighted by molar-refractivity contribution is 5.74. The maximum absolute atomic E-state index is 10.7. The second kappa shape index (κ2) is 4.85. The number of benzene rings is 1. The van der Waals surface area contributed by atoms with Crippen molar-refractivity contribution in [1.82, 2.24) is 0 Å². The molecule has 5 heteroatoms. The van der Waals surface area contributed by atoms with Crippen LogP contribution in [0.5, 0.6) is 11.5 Å². The molecule has 0 heterocycles. The number of carbonyl (C=O) groups is 1. The molecule has 1 rings (SSSR count). The van der Waals surface area contributed by atoms with Crippen molar-refractivity contribution in [3.63, 3.8) is 0 Å². The van der Waals surface area contributed by atoms with Gasteiger partial charge >= 0.3 is 5.97 Å². The van der Waals surface area contributed by atoms with Crippen LogP contribution in [0.15, 0.2) is 12.1 Å². The molecule has 0 aliphatic heterocycles. The number of aryl methyl sites for hydroxylation is 1. The molecule has 88 valence electrons. The number of phenols is 1. The van der Waals surface area contributed by atoms with Crippen molar-refractivity contribution in [3.8, 4) is 11.5 Å². The molecule has 0 aromatic heterocycles. The Morgan fingerprint density at radius 2 is 2.19 bits per heavy atom. The van der Waals surface area contributed by atoms with Crippen LogP contribution < -0.4 is 10.5 Å². The van der Waals surface area contributed by atoms with Crippen molar-refractivity contribution >= 4 is 5.97 Å². The molecular weight excluding hydrogens is 210 g/mol. The molecule has 1 aromatic rings. The molecule has 1 atom stereocenters. The molecule has 0 spiro atoms. The number of rotatable bonds is 4. The molecule has 0 saturated carbocycles.